The van der Waals surface area contributed by atoms with Crippen LogP contribution in [0.2, 0.25) is 0 Å². The number of benzene rings is 3. The maximum atomic E-state index is 12.0. The van der Waals surface area contributed by atoms with Crippen LogP contribution < -0.4 is 10.5 Å². The first kappa shape index (κ1) is 24.5. The minimum atomic E-state index is -0.269. The Kier molecular flexibility index (Phi) is 7.85. The second kappa shape index (κ2) is 11.2. The Hall–Kier alpha value is -3.61. The number of ether oxygens (including phenoxy) is 2. The third-order valence-electron chi connectivity index (χ3n) is 5.81. The van der Waals surface area contributed by atoms with E-state index in [1.165, 1.54) is 0 Å². The first-order chi connectivity index (χ1) is 17.0. The number of hydrogen-bond donors (Lipinski definition) is 1. The third kappa shape index (κ3) is 5.91. The van der Waals surface area contributed by atoms with Gasteiger partial charge in [0.15, 0.2) is 0 Å². The summed E-state index contributed by atoms with van der Waals surface area (Å²) in [5, 5.41) is 1.01. The summed E-state index contributed by atoms with van der Waals surface area (Å²) in [6.07, 6.45) is 1.93. The fourth-order valence-corrected chi connectivity index (χ4v) is 4.19. The third-order valence-corrected chi connectivity index (χ3v) is 5.81. The van der Waals surface area contributed by atoms with Crippen LogP contribution >= 0.6 is 0 Å². The monoisotopic (exact) mass is 472 g/mol. The highest BCUT2D eigenvalue weighted by Crippen LogP contribution is 2.33. The van der Waals surface area contributed by atoms with Crippen molar-refractivity contribution in [2.24, 2.45) is 5.73 Å². The Balaban J connectivity index is 1.67. The van der Waals surface area contributed by atoms with E-state index < -0.39 is 0 Å². The summed E-state index contributed by atoms with van der Waals surface area (Å²) in [6.45, 7) is 3.72. The maximum Gasteiger partial charge on any atom is 0.310 e. The molecule has 1 aromatic heterocycles. The van der Waals surface area contributed by atoms with Gasteiger partial charge in [-0.15, -0.1) is 0 Å². The fraction of sp³-hybridized carbons (Fsp3) is 0.276. The lowest BCUT2D eigenvalue weighted by atomic mass is 9.97. The molecule has 0 aliphatic heterocycles. The van der Waals surface area contributed by atoms with Crippen LogP contribution in [-0.2, 0) is 35.6 Å². The highest BCUT2D eigenvalue weighted by Gasteiger charge is 2.16. The van der Waals surface area contributed by atoms with Gasteiger partial charge in [-0.05, 0) is 62.0 Å². The number of para-hydroxylation sites is 1. The van der Waals surface area contributed by atoms with Crippen LogP contribution in [0.4, 0.5) is 0 Å². The lowest BCUT2D eigenvalue weighted by molar-refractivity contribution is -0.142. The van der Waals surface area contributed by atoms with Gasteiger partial charge in [-0.2, -0.15) is 0 Å². The molecular weight excluding hydrogens is 440 g/mol. The van der Waals surface area contributed by atoms with Gasteiger partial charge in [0.05, 0.1) is 19.3 Å². The van der Waals surface area contributed by atoms with Gasteiger partial charge >= 0.3 is 5.97 Å². The van der Waals surface area contributed by atoms with Crippen molar-refractivity contribution in [2.45, 2.75) is 33.0 Å². The zero-order valence-electron chi connectivity index (χ0n) is 20.5. The summed E-state index contributed by atoms with van der Waals surface area (Å²) in [6, 6.07) is 20.2. The van der Waals surface area contributed by atoms with Crippen LogP contribution in [0, 0.1) is 0 Å². The highest BCUT2D eigenvalue weighted by atomic mass is 16.5. The molecule has 0 bridgehead atoms. The molecule has 2 N–H and O–H groups in total. The smallest absolute Gasteiger partial charge is 0.310 e. The van der Waals surface area contributed by atoms with Crippen molar-refractivity contribution in [1.29, 1.82) is 0 Å². The van der Waals surface area contributed by atoms with E-state index in [1.807, 2.05) is 50.5 Å². The summed E-state index contributed by atoms with van der Waals surface area (Å²) in [5.74, 6) is 0.394. The zero-order chi connectivity index (χ0) is 24.8. The molecule has 0 radical (unpaired) electrons. The van der Waals surface area contributed by atoms with Gasteiger partial charge in [0.2, 0.25) is 0 Å². The molecule has 0 fully saturated rings. The molecule has 182 valence electrons. The molecule has 0 aliphatic rings. The van der Waals surface area contributed by atoms with E-state index in [-0.39, 0.29) is 12.4 Å². The number of nitrogens with two attached hydrogens (primary N) is 1. The van der Waals surface area contributed by atoms with Gasteiger partial charge in [-0.25, -0.2) is 0 Å². The van der Waals surface area contributed by atoms with Crippen LogP contribution in [-0.4, -0.2) is 31.6 Å². The maximum absolute atomic E-state index is 12.0. The lowest BCUT2D eigenvalue weighted by Gasteiger charge is -2.13. The van der Waals surface area contributed by atoms with E-state index in [4.69, 9.17) is 19.6 Å². The summed E-state index contributed by atoms with van der Waals surface area (Å²) >= 11 is 0. The van der Waals surface area contributed by atoms with Crippen molar-refractivity contribution >= 4 is 16.9 Å². The molecule has 4 rings (SSSR count). The lowest BCUT2D eigenvalue weighted by Crippen LogP contribution is -2.11. The number of rotatable bonds is 10. The van der Waals surface area contributed by atoms with Gasteiger partial charge in [0.25, 0.3) is 0 Å². The molecule has 0 saturated heterocycles. The van der Waals surface area contributed by atoms with Gasteiger partial charge in [0.1, 0.15) is 17.9 Å². The van der Waals surface area contributed by atoms with E-state index in [9.17, 15) is 4.79 Å². The number of fused-ring (bicyclic) bond motifs is 1. The van der Waals surface area contributed by atoms with Crippen LogP contribution in [0.15, 0.2) is 71.3 Å². The molecule has 6 nitrogen and oxygen atoms in total. The van der Waals surface area contributed by atoms with Gasteiger partial charge < -0.3 is 24.5 Å². The molecule has 1 heterocycles. The molecule has 0 aliphatic carbocycles. The second-order valence-electron chi connectivity index (χ2n) is 8.79. The van der Waals surface area contributed by atoms with Crippen LogP contribution in [0.1, 0.15) is 29.2 Å². The van der Waals surface area contributed by atoms with E-state index in [1.54, 1.807) is 13.2 Å². The zero-order valence-corrected chi connectivity index (χ0v) is 20.5. The predicted molar refractivity (Wildman–Crippen MR) is 138 cm³/mol. The van der Waals surface area contributed by atoms with Crippen LogP contribution in [0.5, 0.6) is 5.75 Å². The average molecular weight is 473 g/mol. The highest BCUT2D eigenvalue weighted by molar-refractivity contribution is 5.89. The number of esters is 1. The molecule has 3 aromatic carbocycles. The number of furan rings is 1. The average Bonchev–Trinajstić information content (AvgIpc) is 3.26. The molecular formula is C29H32N2O4. The van der Waals surface area contributed by atoms with Crippen LogP contribution in [0.3, 0.4) is 0 Å². The standard InChI is InChI=1S/C29H32N2O4/c1-4-33-28(32)15-22-9-5-6-11-27(22)34-18-25-19-35-29-24(17-31(2)3)13-23(14-26(25)29)21-10-7-8-20(12-21)16-30/h5-14,19H,4,15-18,30H2,1-3H3. The molecule has 35 heavy (non-hydrogen) atoms. The van der Waals surface area contributed by atoms with Crippen molar-refractivity contribution in [3.63, 3.8) is 0 Å². The SMILES string of the molecule is CCOC(=O)Cc1ccccc1OCc1coc2c(CN(C)C)cc(-c3cccc(CN)c3)cc12. The molecule has 0 spiro atoms. The van der Waals surface area contributed by atoms with E-state index in [0.717, 1.165) is 50.9 Å². The number of carbonyl (C=O) groups is 1. The first-order valence-corrected chi connectivity index (χ1v) is 11.8. The molecule has 0 amide bonds. The Morgan fingerprint density at radius 3 is 2.57 bits per heavy atom. The number of carbonyl (C=O) groups excluding carboxylic acids is 1. The Labute approximate surface area is 206 Å². The fourth-order valence-electron chi connectivity index (χ4n) is 4.19. The molecule has 4 aromatic rings. The van der Waals surface area contributed by atoms with Gasteiger partial charge in [-0.1, -0.05) is 36.4 Å². The minimum Gasteiger partial charge on any atom is -0.488 e. The van der Waals surface area contributed by atoms with Crippen molar-refractivity contribution < 1.29 is 18.7 Å². The van der Waals surface area contributed by atoms with Crippen molar-refractivity contribution in [2.75, 3.05) is 20.7 Å². The Morgan fingerprint density at radius 1 is 0.971 bits per heavy atom. The number of nitrogens with zero attached hydrogens (tertiary/aromatic N) is 1. The van der Waals surface area contributed by atoms with Crippen molar-refractivity contribution in [3.05, 3.63) is 89.2 Å². The van der Waals surface area contributed by atoms with Gasteiger partial charge in [-0.3, -0.25) is 4.79 Å². The Morgan fingerprint density at radius 2 is 1.80 bits per heavy atom. The largest absolute Gasteiger partial charge is 0.488 e. The predicted octanol–water partition coefficient (Wildman–Crippen LogP) is 5.30. The summed E-state index contributed by atoms with van der Waals surface area (Å²) in [5.41, 5.74) is 12.9. The topological polar surface area (TPSA) is 77.9 Å². The molecule has 0 unspecified atom stereocenters. The first-order valence-electron chi connectivity index (χ1n) is 11.8. The van der Waals surface area contributed by atoms with Crippen molar-refractivity contribution in [3.8, 4) is 16.9 Å². The quantitative estimate of drug-likeness (QED) is 0.315. The van der Waals surface area contributed by atoms with Crippen LogP contribution in [0.25, 0.3) is 22.1 Å². The molecule has 0 atom stereocenters. The summed E-state index contributed by atoms with van der Waals surface area (Å²) in [7, 11) is 4.09. The van der Waals surface area contributed by atoms with E-state index in [2.05, 4.69) is 29.2 Å². The number of hydrogen-bond acceptors (Lipinski definition) is 6. The van der Waals surface area contributed by atoms with Crippen molar-refractivity contribution in [1.82, 2.24) is 4.90 Å². The second-order valence-corrected chi connectivity index (χ2v) is 8.79. The minimum absolute atomic E-state index is 0.171. The van der Waals surface area contributed by atoms with E-state index in [0.29, 0.717) is 25.5 Å². The molecule has 6 heteroatoms. The van der Waals surface area contributed by atoms with Gasteiger partial charge in [0, 0.05) is 35.2 Å². The Bertz CT molecular complexity index is 1310. The summed E-state index contributed by atoms with van der Waals surface area (Å²) < 4.78 is 17.3. The van der Waals surface area contributed by atoms with E-state index >= 15 is 0 Å². The molecule has 0 saturated carbocycles. The summed E-state index contributed by atoms with van der Waals surface area (Å²) in [4.78, 5) is 14.1. The normalized spacial score (nSPS) is 11.2.